The van der Waals surface area contributed by atoms with Gasteiger partial charge in [0.15, 0.2) is 0 Å². The van der Waals surface area contributed by atoms with Gasteiger partial charge < -0.3 is 5.11 Å². The van der Waals surface area contributed by atoms with Crippen LogP contribution in [0, 0.1) is 0 Å². The van der Waals surface area contributed by atoms with Crippen molar-refractivity contribution in [1.82, 2.24) is 9.80 Å². The van der Waals surface area contributed by atoms with E-state index in [4.69, 9.17) is 0 Å². The summed E-state index contributed by atoms with van der Waals surface area (Å²) < 4.78 is 0. The van der Waals surface area contributed by atoms with Crippen LogP contribution in [0.25, 0.3) is 0 Å². The van der Waals surface area contributed by atoms with Crippen molar-refractivity contribution in [3.63, 3.8) is 0 Å². The van der Waals surface area contributed by atoms with Gasteiger partial charge in [-0.15, -0.1) is 0 Å². The predicted molar refractivity (Wildman–Crippen MR) is 73.6 cm³/mol. The smallest absolute Gasteiger partial charge is 0.0695 e. The molecule has 3 nitrogen and oxygen atoms in total. The highest BCUT2D eigenvalue weighted by Crippen LogP contribution is 2.30. The predicted octanol–water partition coefficient (Wildman–Crippen LogP) is 1.85. The first-order valence-electron chi connectivity index (χ1n) is 7.93. The number of rotatable bonds is 1. The first kappa shape index (κ1) is 12.9. The maximum atomic E-state index is 10.4. The SMILES string of the molecule is CC1CN2CCCC2CN1C1CCCCCC1O. The summed E-state index contributed by atoms with van der Waals surface area (Å²) in [6.45, 7) is 6.07. The van der Waals surface area contributed by atoms with Gasteiger partial charge in [0.1, 0.15) is 0 Å². The zero-order valence-electron chi connectivity index (χ0n) is 11.7. The van der Waals surface area contributed by atoms with Gasteiger partial charge >= 0.3 is 0 Å². The molecule has 1 saturated carbocycles. The van der Waals surface area contributed by atoms with E-state index in [1.807, 2.05) is 0 Å². The van der Waals surface area contributed by atoms with Crippen LogP contribution >= 0.6 is 0 Å². The van der Waals surface area contributed by atoms with E-state index in [1.165, 1.54) is 58.2 Å². The van der Waals surface area contributed by atoms with Gasteiger partial charge in [-0.1, -0.05) is 19.3 Å². The molecule has 0 aromatic carbocycles. The molecule has 3 rings (SSSR count). The molecule has 0 amide bonds. The third-order valence-corrected chi connectivity index (χ3v) is 5.36. The molecule has 4 atom stereocenters. The van der Waals surface area contributed by atoms with Crippen LogP contribution in [-0.4, -0.2) is 58.8 Å². The Morgan fingerprint density at radius 1 is 0.944 bits per heavy atom. The van der Waals surface area contributed by atoms with Crippen molar-refractivity contribution < 1.29 is 5.11 Å². The number of aliphatic hydroxyl groups excluding tert-OH is 1. The minimum atomic E-state index is -0.0806. The molecular formula is C15H28N2O. The normalized spacial score (nSPS) is 43.7. The van der Waals surface area contributed by atoms with Crippen LogP contribution in [-0.2, 0) is 0 Å². The van der Waals surface area contributed by atoms with Crippen molar-refractivity contribution in [1.29, 1.82) is 0 Å². The molecule has 4 unspecified atom stereocenters. The summed E-state index contributed by atoms with van der Waals surface area (Å²) in [5.41, 5.74) is 0. The Labute approximate surface area is 111 Å². The lowest BCUT2D eigenvalue weighted by atomic mass is 9.98. The van der Waals surface area contributed by atoms with Gasteiger partial charge in [-0.05, 0) is 39.2 Å². The standard InChI is InChI=1S/C15H28N2O/c1-12-10-16-9-5-6-13(16)11-17(12)14-7-3-2-4-8-15(14)18/h12-15,18H,2-11H2,1H3. The van der Waals surface area contributed by atoms with Gasteiger partial charge in [0.25, 0.3) is 0 Å². The monoisotopic (exact) mass is 252 g/mol. The second kappa shape index (κ2) is 5.48. The number of aliphatic hydroxyl groups is 1. The van der Waals surface area contributed by atoms with Gasteiger partial charge in [0, 0.05) is 31.2 Å². The van der Waals surface area contributed by atoms with Gasteiger partial charge in [-0.2, -0.15) is 0 Å². The van der Waals surface area contributed by atoms with Crippen LogP contribution in [0.15, 0.2) is 0 Å². The number of hydrogen-bond acceptors (Lipinski definition) is 3. The Balaban J connectivity index is 1.69. The number of fused-ring (bicyclic) bond motifs is 1. The zero-order chi connectivity index (χ0) is 12.5. The van der Waals surface area contributed by atoms with Gasteiger partial charge in [0.2, 0.25) is 0 Å². The third kappa shape index (κ3) is 2.45. The maximum Gasteiger partial charge on any atom is 0.0695 e. The van der Waals surface area contributed by atoms with E-state index in [1.54, 1.807) is 0 Å². The van der Waals surface area contributed by atoms with E-state index in [2.05, 4.69) is 16.7 Å². The third-order valence-electron chi connectivity index (χ3n) is 5.36. The molecule has 0 bridgehead atoms. The Hall–Kier alpha value is -0.120. The van der Waals surface area contributed by atoms with Crippen LogP contribution < -0.4 is 0 Å². The van der Waals surface area contributed by atoms with Crippen molar-refractivity contribution in [3.05, 3.63) is 0 Å². The molecule has 2 heterocycles. The lowest BCUT2D eigenvalue weighted by Crippen LogP contribution is -2.60. The summed E-state index contributed by atoms with van der Waals surface area (Å²) in [4.78, 5) is 5.31. The fraction of sp³-hybridized carbons (Fsp3) is 1.00. The van der Waals surface area contributed by atoms with Crippen molar-refractivity contribution in [2.24, 2.45) is 0 Å². The van der Waals surface area contributed by atoms with E-state index >= 15 is 0 Å². The average Bonchev–Trinajstić information content (AvgIpc) is 2.69. The van der Waals surface area contributed by atoms with Gasteiger partial charge in [0.05, 0.1) is 6.10 Å². The second-order valence-electron chi connectivity index (χ2n) is 6.61. The van der Waals surface area contributed by atoms with Crippen LogP contribution in [0.5, 0.6) is 0 Å². The molecular weight excluding hydrogens is 224 g/mol. The highest BCUT2D eigenvalue weighted by molar-refractivity contribution is 4.95. The Morgan fingerprint density at radius 3 is 2.67 bits per heavy atom. The molecule has 0 aromatic rings. The summed E-state index contributed by atoms with van der Waals surface area (Å²) in [5, 5.41) is 10.4. The molecule has 104 valence electrons. The van der Waals surface area contributed by atoms with Crippen molar-refractivity contribution in [2.45, 2.75) is 76.1 Å². The zero-order valence-corrected chi connectivity index (χ0v) is 11.7. The van der Waals surface area contributed by atoms with Crippen LogP contribution in [0.3, 0.4) is 0 Å². The highest BCUT2D eigenvalue weighted by atomic mass is 16.3. The van der Waals surface area contributed by atoms with Crippen LogP contribution in [0.1, 0.15) is 51.9 Å². The van der Waals surface area contributed by atoms with E-state index in [0.29, 0.717) is 12.1 Å². The summed E-state index contributed by atoms with van der Waals surface area (Å²) in [6.07, 6.45) is 8.72. The average molecular weight is 252 g/mol. The van der Waals surface area contributed by atoms with Gasteiger partial charge in [-0.3, -0.25) is 9.80 Å². The van der Waals surface area contributed by atoms with Gasteiger partial charge in [-0.25, -0.2) is 0 Å². The maximum absolute atomic E-state index is 10.4. The molecule has 2 aliphatic heterocycles. The van der Waals surface area contributed by atoms with E-state index in [0.717, 1.165) is 12.5 Å². The molecule has 0 spiro atoms. The van der Waals surface area contributed by atoms with E-state index < -0.39 is 0 Å². The largest absolute Gasteiger partial charge is 0.391 e. The van der Waals surface area contributed by atoms with E-state index in [-0.39, 0.29) is 6.10 Å². The lowest BCUT2D eigenvalue weighted by Gasteiger charge is -2.47. The molecule has 0 radical (unpaired) electrons. The Morgan fingerprint density at radius 2 is 1.78 bits per heavy atom. The highest BCUT2D eigenvalue weighted by Gasteiger charge is 2.39. The lowest BCUT2D eigenvalue weighted by molar-refractivity contribution is -0.0253. The first-order valence-corrected chi connectivity index (χ1v) is 7.93. The topological polar surface area (TPSA) is 26.7 Å². The molecule has 1 aliphatic carbocycles. The van der Waals surface area contributed by atoms with Crippen molar-refractivity contribution >= 4 is 0 Å². The minimum Gasteiger partial charge on any atom is -0.391 e. The number of hydrogen-bond donors (Lipinski definition) is 1. The summed E-state index contributed by atoms with van der Waals surface area (Å²) in [6, 6.07) is 1.83. The molecule has 2 saturated heterocycles. The Kier molecular flexibility index (Phi) is 3.92. The number of nitrogens with zero attached hydrogens (tertiary/aromatic N) is 2. The first-order chi connectivity index (χ1) is 8.75. The molecule has 0 aromatic heterocycles. The van der Waals surface area contributed by atoms with Crippen LogP contribution in [0.4, 0.5) is 0 Å². The molecule has 18 heavy (non-hydrogen) atoms. The summed E-state index contributed by atoms with van der Waals surface area (Å²) in [5.74, 6) is 0. The number of piperazine rings is 1. The second-order valence-corrected chi connectivity index (χ2v) is 6.61. The fourth-order valence-electron chi connectivity index (χ4n) is 4.33. The van der Waals surface area contributed by atoms with Crippen molar-refractivity contribution in [3.8, 4) is 0 Å². The summed E-state index contributed by atoms with van der Waals surface area (Å²) >= 11 is 0. The molecule has 3 heteroatoms. The Bertz CT molecular complexity index is 284. The van der Waals surface area contributed by atoms with Crippen LogP contribution in [0.2, 0.25) is 0 Å². The summed E-state index contributed by atoms with van der Waals surface area (Å²) in [7, 11) is 0. The van der Waals surface area contributed by atoms with E-state index in [9.17, 15) is 5.11 Å². The van der Waals surface area contributed by atoms with Crippen molar-refractivity contribution in [2.75, 3.05) is 19.6 Å². The quantitative estimate of drug-likeness (QED) is 0.722. The molecule has 3 fully saturated rings. The minimum absolute atomic E-state index is 0.0806. The molecule has 3 aliphatic rings. The fourth-order valence-corrected chi connectivity index (χ4v) is 4.33. The molecule has 1 N–H and O–H groups in total.